The predicted octanol–water partition coefficient (Wildman–Crippen LogP) is -1.03. The molecule has 0 aliphatic heterocycles. The molecule has 0 bridgehead atoms. The topological polar surface area (TPSA) is 190 Å². The summed E-state index contributed by atoms with van der Waals surface area (Å²) in [4.78, 5) is 27.7. The number of carbonyl (C=O) groups excluding carboxylic acids is 1. The minimum absolute atomic E-state index is 0.0710. The highest BCUT2D eigenvalue weighted by Crippen LogP contribution is 2.36. The third-order valence-electron chi connectivity index (χ3n) is 5.22. The number of aliphatic carboxylic acids is 1. The van der Waals surface area contributed by atoms with Crippen LogP contribution >= 0.6 is 0 Å². The van der Waals surface area contributed by atoms with Crippen molar-refractivity contribution in [2.45, 2.75) is 51.4 Å². The van der Waals surface area contributed by atoms with E-state index in [1.54, 1.807) is 6.92 Å². The first-order valence-corrected chi connectivity index (χ1v) is 10.5. The molecular formula is C20H36N4O7. The monoisotopic (exact) mass is 444 g/mol. The summed E-state index contributed by atoms with van der Waals surface area (Å²) in [5, 5.41) is 31.9. The highest BCUT2D eigenvalue weighted by molar-refractivity contribution is 5.87. The Morgan fingerprint density at radius 1 is 1.35 bits per heavy atom. The van der Waals surface area contributed by atoms with Crippen LogP contribution in [0.3, 0.4) is 0 Å². The molecule has 31 heavy (non-hydrogen) atoms. The second-order valence-corrected chi connectivity index (χ2v) is 7.61. The summed E-state index contributed by atoms with van der Waals surface area (Å²) in [6.45, 7) is 4.20. The molecule has 0 unspecified atom stereocenters. The average Bonchev–Trinajstić information content (AvgIpc) is 2.72. The first kappa shape index (κ1) is 26.8. The van der Waals surface area contributed by atoms with E-state index in [4.69, 9.17) is 20.9 Å². The third-order valence-corrected chi connectivity index (χ3v) is 5.22. The SMILES string of the molecule is CCCCOCCNC(=O)CO[C@@H]([C@@H]1CC(C(=O)O)=C[C@H](N=C(N)N)[C@H]1C)[C@H](O)CO. The Kier molecular flexibility index (Phi) is 12.1. The summed E-state index contributed by atoms with van der Waals surface area (Å²) in [5.41, 5.74) is 11.0. The number of nitrogens with zero attached hydrogens (tertiary/aromatic N) is 1. The van der Waals surface area contributed by atoms with Crippen LogP contribution in [0.5, 0.6) is 0 Å². The molecule has 11 heteroatoms. The van der Waals surface area contributed by atoms with Crippen LogP contribution in [0, 0.1) is 11.8 Å². The van der Waals surface area contributed by atoms with Crippen LogP contribution in [0.1, 0.15) is 33.1 Å². The number of nitrogens with two attached hydrogens (primary N) is 2. The van der Waals surface area contributed by atoms with Crippen LogP contribution in [0.25, 0.3) is 0 Å². The van der Waals surface area contributed by atoms with Crippen molar-refractivity contribution in [2.75, 3.05) is 33.0 Å². The number of rotatable bonds is 14. The number of carbonyl (C=O) groups is 2. The van der Waals surface area contributed by atoms with E-state index >= 15 is 0 Å². The lowest BCUT2D eigenvalue weighted by Gasteiger charge is -2.38. The number of aliphatic imine (C=N–C) groups is 1. The zero-order valence-electron chi connectivity index (χ0n) is 18.2. The quantitative estimate of drug-likeness (QED) is 0.110. The van der Waals surface area contributed by atoms with Gasteiger partial charge in [0.1, 0.15) is 12.7 Å². The van der Waals surface area contributed by atoms with Gasteiger partial charge in [-0.05, 0) is 30.8 Å². The summed E-state index contributed by atoms with van der Waals surface area (Å²) >= 11 is 0. The molecule has 178 valence electrons. The van der Waals surface area contributed by atoms with Gasteiger partial charge >= 0.3 is 5.97 Å². The predicted molar refractivity (Wildman–Crippen MR) is 114 cm³/mol. The number of nitrogens with one attached hydrogen (secondary N) is 1. The van der Waals surface area contributed by atoms with E-state index in [-0.39, 0.29) is 30.5 Å². The molecule has 0 aromatic carbocycles. The number of unbranched alkanes of at least 4 members (excludes halogenated alkanes) is 1. The number of hydrogen-bond donors (Lipinski definition) is 6. The molecule has 0 saturated heterocycles. The second-order valence-electron chi connectivity index (χ2n) is 7.61. The van der Waals surface area contributed by atoms with Crippen LogP contribution in [0.2, 0.25) is 0 Å². The Morgan fingerprint density at radius 3 is 2.65 bits per heavy atom. The summed E-state index contributed by atoms with van der Waals surface area (Å²) in [6.07, 6.45) is 1.21. The largest absolute Gasteiger partial charge is 0.478 e. The van der Waals surface area contributed by atoms with Gasteiger partial charge in [0.05, 0.1) is 25.4 Å². The van der Waals surface area contributed by atoms with E-state index in [2.05, 4.69) is 17.2 Å². The summed E-state index contributed by atoms with van der Waals surface area (Å²) in [5.74, 6) is -2.60. The Hall–Kier alpha value is -2.21. The fraction of sp³-hybridized carbons (Fsp3) is 0.750. The molecule has 1 aliphatic carbocycles. The molecular weight excluding hydrogens is 408 g/mol. The molecule has 0 fully saturated rings. The highest BCUT2D eigenvalue weighted by atomic mass is 16.5. The third kappa shape index (κ3) is 9.21. The number of ether oxygens (including phenoxy) is 2. The number of hydrogen-bond acceptors (Lipinski definition) is 7. The smallest absolute Gasteiger partial charge is 0.331 e. The van der Waals surface area contributed by atoms with Gasteiger partial charge < -0.3 is 41.6 Å². The van der Waals surface area contributed by atoms with Crippen LogP contribution in [0.4, 0.5) is 0 Å². The molecule has 0 heterocycles. The molecule has 0 saturated carbocycles. The number of aliphatic hydroxyl groups excluding tert-OH is 2. The van der Waals surface area contributed by atoms with Crippen molar-refractivity contribution in [1.29, 1.82) is 0 Å². The van der Waals surface area contributed by atoms with E-state index in [0.29, 0.717) is 19.8 Å². The average molecular weight is 445 g/mol. The van der Waals surface area contributed by atoms with Crippen LogP contribution in [-0.4, -0.2) is 84.4 Å². The van der Waals surface area contributed by atoms with Crippen molar-refractivity contribution in [3.05, 3.63) is 11.6 Å². The lowest BCUT2D eigenvalue weighted by molar-refractivity contribution is -0.140. The Bertz CT molecular complexity index is 637. The maximum atomic E-state index is 12.1. The first-order chi connectivity index (χ1) is 14.7. The molecule has 0 aromatic heterocycles. The number of amides is 1. The molecule has 0 spiro atoms. The second kappa shape index (κ2) is 14.0. The van der Waals surface area contributed by atoms with Gasteiger partial charge in [0.2, 0.25) is 5.91 Å². The maximum Gasteiger partial charge on any atom is 0.331 e. The van der Waals surface area contributed by atoms with Gasteiger partial charge in [-0.15, -0.1) is 0 Å². The fourth-order valence-corrected chi connectivity index (χ4v) is 3.48. The minimum atomic E-state index is -1.31. The highest BCUT2D eigenvalue weighted by Gasteiger charge is 2.40. The number of carboxylic acids is 1. The van der Waals surface area contributed by atoms with Crippen molar-refractivity contribution in [2.24, 2.45) is 28.3 Å². The van der Waals surface area contributed by atoms with E-state index < -0.39 is 42.7 Å². The summed E-state index contributed by atoms with van der Waals surface area (Å²) < 4.78 is 11.0. The van der Waals surface area contributed by atoms with Gasteiger partial charge in [0.25, 0.3) is 0 Å². The Balaban J connectivity index is 2.79. The number of guanidine groups is 1. The minimum Gasteiger partial charge on any atom is -0.478 e. The van der Waals surface area contributed by atoms with E-state index in [1.165, 1.54) is 6.08 Å². The van der Waals surface area contributed by atoms with E-state index in [0.717, 1.165) is 12.8 Å². The number of carboxylic acid groups (broad SMARTS) is 1. The number of aliphatic hydroxyl groups is 2. The van der Waals surface area contributed by atoms with Gasteiger partial charge in [-0.3, -0.25) is 4.79 Å². The van der Waals surface area contributed by atoms with Gasteiger partial charge in [-0.2, -0.15) is 0 Å². The zero-order valence-corrected chi connectivity index (χ0v) is 18.2. The van der Waals surface area contributed by atoms with Crippen molar-refractivity contribution >= 4 is 17.8 Å². The van der Waals surface area contributed by atoms with Gasteiger partial charge in [0, 0.05) is 18.7 Å². The van der Waals surface area contributed by atoms with Gasteiger partial charge in [0.15, 0.2) is 5.96 Å². The van der Waals surface area contributed by atoms with Gasteiger partial charge in [-0.1, -0.05) is 20.3 Å². The molecule has 8 N–H and O–H groups in total. The van der Waals surface area contributed by atoms with Crippen molar-refractivity contribution in [1.82, 2.24) is 5.32 Å². The van der Waals surface area contributed by atoms with Crippen LogP contribution in [-0.2, 0) is 19.1 Å². The molecule has 1 rings (SSSR count). The standard InChI is InChI=1S/C20H36N4O7/c1-3-4-6-30-7-5-23-17(27)11-31-18(16(26)10-25)14-8-13(19(28)29)9-15(12(14)2)24-20(21)22/h9,12,14-16,18,25-26H,3-8,10-11H2,1-2H3,(H,23,27)(H,28,29)(H4,21,22,24)/t12-,14+,15-,16+,18-/m0/s1. The molecule has 0 radical (unpaired) electrons. The van der Waals surface area contributed by atoms with Crippen LogP contribution < -0.4 is 16.8 Å². The van der Waals surface area contributed by atoms with Crippen molar-refractivity contribution in [3.63, 3.8) is 0 Å². The molecule has 11 nitrogen and oxygen atoms in total. The van der Waals surface area contributed by atoms with Crippen molar-refractivity contribution in [3.8, 4) is 0 Å². The lowest BCUT2D eigenvalue weighted by atomic mass is 9.73. The Labute approximate surface area is 182 Å². The molecule has 0 aromatic rings. The molecule has 5 atom stereocenters. The van der Waals surface area contributed by atoms with Crippen LogP contribution in [0.15, 0.2) is 16.6 Å². The van der Waals surface area contributed by atoms with Gasteiger partial charge in [-0.25, -0.2) is 9.79 Å². The summed E-state index contributed by atoms with van der Waals surface area (Å²) in [7, 11) is 0. The molecule has 1 aliphatic rings. The van der Waals surface area contributed by atoms with E-state index in [1.807, 2.05) is 0 Å². The fourth-order valence-electron chi connectivity index (χ4n) is 3.48. The van der Waals surface area contributed by atoms with Crippen molar-refractivity contribution < 1.29 is 34.4 Å². The normalized spacial score (nSPS) is 22.8. The lowest BCUT2D eigenvalue weighted by Crippen LogP contribution is -2.47. The first-order valence-electron chi connectivity index (χ1n) is 10.5. The van der Waals surface area contributed by atoms with E-state index in [9.17, 15) is 24.9 Å². The zero-order chi connectivity index (χ0) is 23.4. The molecule has 1 amide bonds. The maximum absolute atomic E-state index is 12.1. The Morgan fingerprint density at radius 2 is 2.06 bits per heavy atom. The summed E-state index contributed by atoms with van der Waals surface area (Å²) in [6, 6.07) is -0.638.